The number of aryl methyl sites for hydroxylation is 2. The lowest BCUT2D eigenvalue weighted by Crippen LogP contribution is -2.41. The Bertz CT molecular complexity index is 900. The quantitative estimate of drug-likeness (QED) is 0.352. The van der Waals surface area contributed by atoms with Crippen LogP contribution in [0, 0.1) is 11.8 Å². The summed E-state index contributed by atoms with van der Waals surface area (Å²) in [7, 11) is -0.331. The van der Waals surface area contributed by atoms with Gasteiger partial charge in [-0.25, -0.2) is 0 Å². The molecule has 1 fully saturated rings. The average molecular weight is 402 g/mol. The maximum atomic E-state index is 6.21. The highest BCUT2D eigenvalue weighted by atomic mass is 16.7. The highest BCUT2D eigenvalue weighted by Gasteiger charge is 2.51. The van der Waals surface area contributed by atoms with E-state index in [2.05, 4.69) is 95.8 Å². The molecule has 0 radical (unpaired) electrons. The highest BCUT2D eigenvalue weighted by Crippen LogP contribution is 2.36. The zero-order valence-corrected chi connectivity index (χ0v) is 19.5. The topological polar surface area (TPSA) is 18.5 Å². The average Bonchev–Trinajstić information content (AvgIpc) is 2.94. The molecule has 2 aromatic rings. The number of unbranched alkanes of at least 4 members (excludes halogenated alkanes) is 2. The van der Waals surface area contributed by atoms with Crippen LogP contribution in [0.1, 0.15) is 83.1 Å². The second-order valence-corrected chi connectivity index (χ2v) is 9.26. The molecule has 0 aliphatic carbocycles. The van der Waals surface area contributed by atoms with Crippen molar-refractivity contribution in [1.29, 1.82) is 0 Å². The maximum Gasteiger partial charge on any atom is 0.494 e. The summed E-state index contributed by atoms with van der Waals surface area (Å²) in [6.45, 7) is 12.8. The minimum Gasteiger partial charge on any atom is -0.399 e. The van der Waals surface area contributed by atoms with E-state index in [-0.39, 0.29) is 18.3 Å². The Morgan fingerprint density at radius 3 is 2.10 bits per heavy atom. The van der Waals surface area contributed by atoms with E-state index in [1.165, 1.54) is 30.4 Å². The molecule has 0 bridgehead atoms. The molecule has 1 saturated heterocycles. The van der Waals surface area contributed by atoms with E-state index < -0.39 is 0 Å². The molecule has 2 nitrogen and oxygen atoms in total. The lowest BCUT2D eigenvalue weighted by Gasteiger charge is -2.32. The third-order valence-corrected chi connectivity index (χ3v) is 6.40. The van der Waals surface area contributed by atoms with Crippen molar-refractivity contribution >= 4 is 12.6 Å². The van der Waals surface area contributed by atoms with Crippen LogP contribution < -0.4 is 5.46 Å². The minimum absolute atomic E-state index is 0.328. The van der Waals surface area contributed by atoms with Gasteiger partial charge in [0.2, 0.25) is 0 Å². The summed E-state index contributed by atoms with van der Waals surface area (Å²) < 4.78 is 12.4. The first-order valence-corrected chi connectivity index (χ1v) is 11.3. The third kappa shape index (κ3) is 5.18. The molecule has 0 amide bonds. The number of rotatable bonds is 6. The van der Waals surface area contributed by atoms with Gasteiger partial charge in [-0.05, 0) is 81.7 Å². The Morgan fingerprint density at radius 1 is 0.833 bits per heavy atom. The van der Waals surface area contributed by atoms with Crippen LogP contribution in [0.25, 0.3) is 0 Å². The largest absolute Gasteiger partial charge is 0.494 e. The van der Waals surface area contributed by atoms with Gasteiger partial charge < -0.3 is 9.31 Å². The molecule has 0 N–H and O–H groups in total. The van der Waals surface area contributed by atoms with Crippen molar-refractivity contribution in [2.75, 3.05) is 0 Å². The van der Waals surface area contributed by atoms with Gasteiger partial charge in [-0.3, -0.25) is 0 Å². The third-order valence-electron chi connectivity index (χ3n) is 6.40. The van der Waals surface area contributed by atoms with Crippen molar-refractivity contribution in [3.05, 3.63) is 64.7 Å². The normalized spacial score (nSPS) is 16.9. The van der Waals surface area contributed by atoms with Gasteiger partial charge in [-0.15, -0.1) is 0 Å². The summed E-state index contributed by atoms with van der Waals surface area (Å²) in [4.78, 5) is 0. The van der Waals surface area contributed by atoms with Crippen LogP contribution in [0.3, 0.4) is 0 Å². The predicted molar refractivity (Wildman–Crippen MR) is 127 cm³/mol. The molecule has 1 aliphatic rings. The molecule has 1 heterocycles. The first kappa shape index (κ1) is 22.7. The van der Waals surface area contributed by atoms with Gasteiger partial charge in [0, 0.05) is 11.1 Å². The smallest absolute Gasteiger partial charge is 0.399 e. The van der Waals surface area contributed by atoms with Crippen LogP contribution in [-0.4, -0.2) is 18.3 Å². The van der Waals surface area contributed by atoms with Gasteiger partial charge in [0.05, 0.1) is 11.2 Å². The number of hydrogen-bond acceptors (Lipinski definition) is 2. The van der Waals surface area contributed by atoms with Gasteiger partial charge in [-0.1, -0.05) is 62.8 Å². The zero-order chi connectivity index (χ0) is 21.8. The second-order valence-electron chi connectivity index (χ2n) is 9.26. The molecular formula is C27H35BO2. The summed E-state index contributed by atoms with van der Waals surface area (Å²) in [5.41, 5.74) is 5.17. The monoisotopic (exact) mass is 402 g/mol. The fourth-order valence-electron chi connectivity index (χ4n) is 3.63. The summed E-state index contributed by atoms with van der Waals surface area (Å²) in [5.74, 6) is 6.70. The van der Waals surface area contributed by atoms with Crippen LogP contribution in [0.2, 0.25) is 0 Å². The van der Waals surface area contributed by atoms with Crippen molar-refractivity contribution in [2.24, 2.45) is 0 Å². The molecule has 1 aliphatic heterocycles. The molecule has 3 heteroatoms. The van der Waals surface area contributed by atoms with Crippen molar-refractivity contribution in [3.63, 3.8) is 0 Å². The highest BCUT2D eigenvalue weighted by molar-refractivity contribution is 6.62. The fraction of sp³-hybridized carbons (Fsp3) is 0.481. The first-order valence-electron chi connectivity index (χ1n) is 11.3. The van der Waals surface area contributed by atoms with Gasteiger partial charge in [-0.2, -0.15) is 0 Å². The summed E-state index contributed by atoms with van der Waals surface area (Å²) in [6.07, 6.45) is 5.89. The molecule has 0 atom stereocenters. The Morgan fingerprint density at radius 2 is 1.50 bits per heavy atom. The van der Waals surface area contributed by atoms with Crippen LogP contribution in [0.5, 0.6) is 0 Å². The van der Waals surface area contributed by atoms with E-state index in [4.69, 9.17) is 9.31 Å². The van der Waals surface area contributed by atoms with E-state index in [9.17, 15) is 0 Å². The Labute approximate surface area is 183 Å². The molecule has 3 rings (SSSR count). The molecule has 30 heavy (non-hydrogen) atoms. The van der Waals surface area contributed by atoms with Crippen LogP contribution in [0.4, 0.5) is 0 Å². The molecular weight excluding hydrogens is 367 g/mol. The van der Waals surface area contributed by atoms with E-state index in [1.807, 2.05) is 0 Å². The van der Waals surface area contributed by atoms with Gasteiger partial charge in [0.25, 0.3) is 0 Å². The fourth-order valence-corrected chi connectivity index (χ4v) is 3.63. The predicted octanol–water partition coefficient (Wildman–Crippen LogP) is 5.68. The molecule has 0 unspecified atom stereocenters. The summed E-state index contributed by atoms with van der Waals surface area (Å²) >= 11 is 0. The molecule has 0 aromatic heterocycles. The Hall–Kier alpha value is -2.02. The van der Waals surface area contributed by atoms with E-state index in [1.54, 1.807) is 0 Å². The number of benzene rings is 2. The summed E-state index contributed by atoms with van der Waals surface area (Å²) in [6, 6.07) is 15.1. The van der Waals surface area contributed by atoms with Crippen LogP contribution >= 0.6 is 0 Å². The zero-order valence-electron chi connectivity index (χ0n) is 19.5. The number of hydrogen-bond donors (Lipinski definition) is 0. The SMILES string of the molecule is CCCCCc1ccc(C#Cc2ccc(B3OC(C)(C)C(C)(C)O3)cc2CC)cc1. The van der Waals surface area contributed by atoms with Gasteiger partial charge in [0.1, 0.15) is 0 Å². The van der Waals surface area contributed by atoms with Crippen molar-refractivity contribution in [3.8, 4) is 11.8 Å². The molecule has 158 valence electrons. The first-order chi connectivity index (χ1) is 14.3. The lowest BCUT2D eigenvalue weighted by molar-refractivity contribution is 0.00578. The van der Waals surface area contributed by atoms with E-state index >= 15 is 0 Å². The Balaban J connectivity index is 1.74. The molecule has 0 saturated carbocycles. The lowest BCUT2D eigenvalue weighted by atomic mass is 9.77. The van der Waals surface area contributed by atoms with Crippen LogP contribution in [0.15, 0.2) is 42.5 Å². The maximum absolute atomic E-state index is 6.21. The molecule has 2 aromatic carbocycles. The van der Waals surface area contributed by atoms with E-state index in [0.29, 0.717) is 0 Å². The van der Waals surface area contributed by atoms with Crippen molar-refractivity contribution in [1.82, 2.24) is 0 Å². The van der Waals surface area contributed by atoms with Gasteiger partial charge in [0.15, 0.2) is 0 Å². The second kappa shape index (κ2) is 9.42. The van der Waals surface area contributed by atoms with Crippen molar-refractivity contribution in [2.45, 2.75) is 84.8 Å². The minimum atomic E-state index is -0.331. The standard InChI is InChI=1S/C27H35BO2/c1-7-9-10-11-21-12-14-22(15-13-21)16-17-24-18-19-25(20-23(24)8-2)28-29-26(3,4)27(5,6)30-28/h12-15,18-20H,7-11H2,1-6H3. The molecule has 0 spiro atoms. The summed E-state index contributed by atoms with van der Waals surface area (Å²) in [5, 5.41) is 0. The van der Waals surface area contributed by atoms with Crippen LogP contribution in [-0.2, 0) is 22.2 Å². The van der Waals surface area contributed by atoms with E-state index in [0.717, 1.165) is 29.4 Å². The Kier molecular flexibility index (Phi) is 7.12. The van der Waals surface area contributed by atoms with Crippen molar-refractivity contribution < 1.29 is 9.31 Å². The van der Waals surface area contributed by atoms with Gasteiger partial charge >= 0.3 is 7.12 Å².